The summed E-state index contributed by atoms with van der Waals surface area (Å²) in [4.78, 5) is 25.3. The van der Waals surface area contributed by atoms with Crippen LogP contribution in [0, 0.1) is 0 Å². The van der Waals surface area contributed by atoms with Crippen molar-refractivity contribution in [1.29, 1.82) is 0 Å². The van der Waals surface area contributed by atoms with Crippen molar-refractivity contribution < 1.29 is 23.8 Å². The molecule has 0 saturated carbocycles. The molecule has 4 rings (SSSR count). The van der Waals surface area contributed by atoms with Gasteiger partial charge in [0.2, 0.25) is 0 Å². The zero-order valence-electron chi connectivity index (χ0n) is 19.6. The molecule has 1 N–H and O–H groups in total. The first-order valence-corrected chi connectivity index (χ1v) is 10.9. The first-order valence-electron chi connectivity index (χ1n) is 10.9. The summed E-state index contributed by atoms with van der Waals surface area (Å²) in [6.07, 6.45) is 1.75. The predicted octanol–water partition coefficient (Wildman–Crippen LogP) is 4.53. The van der Waals surface area contributed by atoms with Gasteiger partial charge in [0.1, 0.15) is 5.75 Å². The first-order chi connectivity index (χ1) is 17.0. The van der Waals surface area contributed by atoms with Gasteiger partial charge in [0.25, 0.3) is 11.8 Å². The van der Waals surface area contributed by atoms with Crippen molar-refractivity contribution in [3.8, 4) is 17.2 Å². The SMILES string of the molecule is COc1ccccc1NC(=O)COc1ccc(/C=C2\C(=O)N(c3ccccc3)N=C2C)cc1OC. The number of hydrogen-bond donors (Lipinski definition) is 1. The van der Waals surface area contributed by atoms with E-state index in [4.69, 9.17) is 14.2 Å². The summed E-state index contributed by atoms with van der Waals surface area (Å²) in [6, 6.07) is 21.6. The van der Waals surface area contributed by atoms with E-state index in [0.29, 0.717) is 39.9 Å². The second-order valence-electron chi connectivity index (χ2n) is 7.64. The van der Waals surface area contributed by atoms with E-state index < -0.39 is 0 Å². The number of ether oxygens (including phenoxy) is 3. The number of methoxy groups -OCH3 is 2. The third-order valence-electron chi connectivity index (χ3n) is 5.30. The third kappa shape index (κ3) is 5.33. The van der Waals surface area contributed by atoms with Gasteiger partial charge in [-0.2, -0.15) is 10.1 Å². The summed E-state index contributed by atoms with van der Waals surface area (Å²) in [5, 5.41) is 8.54. The molecule has 1 aliphatic rings. The molecule has 178 valence electrons. The molecule has 0 aromatic heterocycles. The molecule has 0 bridgehead atoms. The Morgan fingerprint density at radius 2 is 1.66 bits per heavy atom. The molecule has 0 aliphatic carbocycles. The quantitative estimate of drug-likeness (QED) is 0.488. The van der Waals surface area contributed by atoms with Crippen LogP contribution in [0.2, 0.25) is 0 Å². The van der Waals surface area contributed by atoms with Crippen LogP contribution in [-0.4, -0.2) is 38.4 Å². The van der Waals surface area contributed by atoms with Gasteiger partial charge in [-0.05, 0) is 55.0 Å². The number of hydrogen-bond acceptors (Lipinski definition) is 6. The van der Waals surface area contributed by atoms with Gasteiger partial charge in [0.15, 0.2) is 18.1 Å². The van der Waals surface area contributed by atoms with Crippen molar-refractivity contribution in [1.82, 2.24) is 0 Å². The highest BCUT2D eigenvalue weighted by molar-refractivity contribution is 6.32. The summed E-state index contributed by atoms with van der Waals surface area (Å²) in [5.74, 6) is 0.846. The number of hydrazone groups is 1. The van der Waals surface area contributed by atoms with Gasteiger partial charge in [-0.3, -0.25) is 9.59 Å². The third-order valence-corrected chi connectivity index (χ3v) is 5.30. The predicted molar refractivity (Wildman–Crippen MR) is 135 cm³/mol. The number of nitrogens with one attached hydrogen (secondary N) is 1. The Balaban J connectivity index is 1.46. The first kappa shape index (κ1) is 23.6. The van der Waals surface area contributed by atoms with Crippen LogP contribution < -0.4 is 24.5 Å². The van der Waals surface area contributed by atoms with Gasteiger partial charge in [-0.25, -0.2) is 0 Å². The van der Waals surface area contributed by atoms with Gasteiger partial charge in [-0.15, -0.1) is 0 Å². The number of rotatable bonds is 8. The number of benzene rings is 3. The van der Waals surface area contributed by atoms with Crippen molar-refractivity contribution in [2.45, 2.75) is 6.92 Å². The molecule has 35 heavy (non-hydrogen) atoms. The zero-order valence-corrected chi connectivity index (χ0v) is 19.6. The number of nitrogens with zero attached hydrogens (tertiary/aromatic N) is 2. The molecule has 0 radical (unpaired) electrons. The fourth-order valence-electron chi connectivity index (χ4n) is 3.57. The van der Waals surface area contributed by atoms with Gasteiger partial charge in [0.05, 0.1) is 36.9 Å². The molecule has 8 nitrogen and oxygen atoms in total. The fraction of sp³-hybridized carbons (Fsp3) is 0.148. The highest BCUT2D eigenvalue weighted by Gasteiger charge is 2.28. The molecular weight excluding hydrogens is 446 g/mol. The average Bonchev–Trinajstić information content (AvgIpc) is 3.17. The standard InChI is InChI=1S/C27H25N3O5/c1-18-21(27(32)30(29-18)20-9-5-4-6-10-20)15-19-13-14-24(25(16-19)34-3)35-17-26(31)28-22-11-7-8-12-23(22)33-2/h4-16H,17H2,1-3H3,(H,28,31)/b21-15-. The Labute approximate surface area is 203 Å². The molecule has 3 aromatic rings. The summed E-state index contributed by atoms with van der Waals surface area (Å²) in [6.45, 7) is 1.58. The monoisotopic (exact) mass is 471 g/mol. The summed E-state index contributed by atoms with van der Waals surface area (Å²) < 4.78 is 16.4. The van der Waals surface area contributed by atoms with Crippen LogP contribution in [-0.2, 0) is 9.59 Å². The number of carbonyl (C=O) groups is 2. The molecule has 0 saturated heterocycles. The summed E-state index contributed by atoms with van der Waals surface area (Å²) in [7, 11) is 3.05. The molecule has 1 heterocycles. The van der Waals surface area contributed by atoms with Crippen LogP contribution in [0.15, 0.2) is 83.5 Å². The highest BCUT2D eigenvalue weighted by Crippen LogP contribution is 2.31. The Kier molecular flexibility index (Phi) is 7.11. The maximum Gasteiger partial charge on any atom is 0.280 e. The van der Waals surface area contributed by atoms with Crippen LogP contribution in [0.4, 0.5) is 11.4 Å². The van der Waals surface area contributed by atoms with E-state index >= 15 is 0 Å². The number of anilines is 2. The lowest BCUT2D eigenvalue weighted by Crippen LogP contribution is -2.21. The van der Waals surface area contributed by atoms with E-state index in [-0.39, 0.29) is 18.4 Å². The number of amides is 2. The molecule has 0 spiro atoms. The molecule has 8 heteroatoms. The molecular formula is C27H25N3O5. The van der Waals surface area contributed by atoms with Crippen LogP contribution in [0.25, 0.3) is 6.08 Å². The minimum Gasteiger partial charge on any atom is -0.495 e. The zero-order chi connectivity index (χ0) is 24.8. The Morgan fingerprint density at radius 3 is 2.40 bits per heavy atom. The van der Waals surface area contributed by atoms with Crippen molar-refractivity contribution in [3.63, 3.8) is 0 Å². The lowest BCUT2D eigenvalue weighted by Gasteiger charge is -2.13. The molecule has 0 atom stereocenters. The van der Waals surface area contributed by atoms with Gasteiger partial charge in [0, 0.05) is 0 Å². The van der Waals surface area contributed by atoms with Crippen LogP contribution in [0.1, 0.15) is 12.5 Å². The molecule has 0 fully saturated rings. The highest BCUT2D eigenvalue weighted by atomic mass is 16.5. The van der Waals surface area contributed by atoms with E-state index in [1.165, 1.54) is 19.2 Å². The van der Waals surface area contributed by atoms with E-state index in [2.05, 4.69) is 10.4 Å². The fourth-order valence-corrected chi connectivity index (χ4v) is 3.57. The Hall–Kier alpha value is -4.59. The van der Waals surface area contributed by atoms with Crippen molar-refractivity contribution >= 4 is 35.0 Å². The largest absolute Gasteiger partial charge is 0.495 e. The van der Waals surface area contributed by atoms with Gasteiger partial charge < -0.3 is 19.5 Å². The topological polar surface area (TPSA) is 89.5 Å². The average molecular weight is 472 g/mol. The molecule has 1 aliphatic heterocycles. The van der Waals surface area contributed by atoms with Gasteiger partial charge in [-0.1, -0.05) is 36.4 Å². The number of para-hydroxylation sites is 3. The second-order valence-corrected chi connectivity index (χ2v) is 7.64. The lowest BCUT2D eigenvalue weighted by molar-refractivity contribution is -0.118. The molecule has 2 amide bonds. The van der Waals surface area contributed by atoms with E-state index in [1.54, 1.807) is 49.4 Å². The molecule has 0 unspecified atom stereocenters. The van der Waals surface area contributed by atoms with Crippen LogP contribution in [0.3, 0.4) is 0 Å². The van der Waals surface area contributed by atoms with Gasteiger partial charge >= 0.3 is 0 Å². The Bertz CT molecular complexity index is 1300. The molecule has 3 aromatic carbocycles. The van der Waals surface area contributed by atoms with Crippen LogP contribution in [0.5, 0.6) is 17.2 Å². The minimum absolute atomic E-state index is 0.207. The van der Waals surface area contributed by atoms with E-state index in [0.717, 1.165) is 5.56 Å². The van der Waals surface area contributed by atoms with Crippen molar-refractivity contribution in [3.05, 3.63) is 83.9 Å². The van der Waals surface area contributed by atoms with Crippen molar-refractivity contribution in [2.75, 3.05) is 31.2 Å². The summed E-state index contributed by atoms with van der Waals surface area (Å²) >= 11 is 0. The Morgan fingerprint density at radius 1 is 0.943 bits per heavy atom. The normalized spacial score (nSPS) is 14.0. The van der Waals surface area contributed by atoms with E-state index in [9.17, 15) is 9.59 Å². The minimum atomic E-state index is -0.341. The summed E-state index contributed by atoms with van der Waals surface area (Å²) in [5.41, 5.74) is 3.10. The van der Waals surface area contributed by atoms with Crippen LogP contribution >= 0.6 is 0 Å². The second kappa shape index (κ2) is 10.6. The van der Waals surface area contributed by atoms with Crippen molar-refractivity contribution in [2.24, 2.45) is 5.10 Å². The maximum atomic E-state index is 12.9. The lowest BCUT2D eigenvalue weighted by atomic mass is 10.1. The smallest absolute Gasteiger partial charge is 0.280 e. The maximum absolute atomic E-state index is 12.9. The van der Waals surface area contributed by atoms with E-state index in [1.807, 2.05) is 36.4 Å². The number of carbonyl (C=O) groups excluding carboxylic acids is 2.